The van der Waals surface area contributed by atoms with Gasteiger partial charge in [0.15, 0.2) is 0 Å². The maximum Gasteiger partial charge on any atom is 0.150 e. The molecule has 2 rings (SSSR count). The van der Waals surface area contributed by atoms with Gasteiger partial charge in [-0.3, -0.25) is 0 Å². The second-order valence-corrected chi connectivity index (χ2v) is 6.50. The molecule has 0 unspecified atom stereocenters. The van der Waals surface area contributed by atoms with E-state index in [1.165, 1.54) is 6.07 Å². The number of hydrogen-bond donors (Lipinski definition) is 1. The van der Waals surface area contributed by atoms with Crippen LogP contribution in [-0.2, 0) is 6.54 Å². The van der Waals surface area contributed by atoms with Crippen LogP contribution in [0.3, 0.4) is 0 Å². The molecule has 0 atom stereocenters. The average Bonchev–Trinajstić information content (AvgIpc) is 2.62. The number of anilines is 1. The number of rotatable bonds is 3. The van der Waals surface area contributed by atoms with Crippen LogP contribution in [0.2, 0.25) is 0 Å². The van der Waals surface area contributed by atoms with Gasteiger partial charge < -0.3 is 5.32 Å². The monoisotopic (exact) mass is 381 g/mol. The van der Waals surface area contributed by atoms with Crippen LogP contribution >= 0.6 is 43.2 Å². The van der Waals surface area contributed by atoms with Crippen molar-refractivity contribution >= 4 is 48.9 Å². The fraction of sp³-hybridized carbons (Fsp3) is 0.0909. The highest BCUT2D eigenvalue weighted by Crippen LogP contribution is 2.28. The zero-order valence-electron chi connectivity index (χ0n) is 8.44. The molecule has 6 heteroatoms. The molecule has 1 N–H and O–H groups in total. The molecule has 2 aromatic rings. The molecule has 90 valence electrons. The van der Waals surface area contributed by atoms with Crippen molar-refractivity contribution in [2.24, 2.45) is 0 Å². The molecule has 1 aromatic carbocycles. The third-order valence-corrected chi connectivity index (χ3v) is 4.28. The van der Waals surface area contributed by atoms with Crippen LogP contribution in [0.15, 0.2) is 31.8 Å². The van der Waals surface area contributed by atoms with Crippen LogP contribution in [0.25, 0.3) is 0 Å². The summed E-state index contributed by atoms with van der Waals surface area (Å²) in [5.41, 5.74) is 1.31. The normalized spacial score (nSPS) is 10.6. The van der Waals surface area contributed by atoms with Gasteiger partial charge in [-0.25, -0.2) is 8.78 Å². The Balaban J connectivity index is 2.14. The van der Waals surface area contributed by atoms with E-state index in [-0.39, 0.29) is 5.69 Å². The first-order valence-corrected chi connectivity index (χ1v) is 7.14. The quantitative estimate of drug-likeness (QED) is 0.772. The summed E-state index contributed by atoms with van der Waals surface area (Å²) in [6.07, 6.45) is 0. The third kappa shape index (κ3) is 3.26. The molecule has 0 saturated heterocycles. The molecule has 0 radical (unpaired) electrons. The summed E-state index contributed by atoms with van der Waals surface area (Å²) in [4.78, 5) is 0. The Morgan fingerprint density at radius 3 is 2.53 bits per heavy atom. The lowest BCUT2D eigenvalue weighted by atomic mass is 10.2. The fourth-order valence-electron chi connectivity index (χ4n) is 1.34. The standard InChI is InChI=1S/C11H7Br2F2NS/c12-8-2-7(14)3-9(15)11(8)16-4-6-1-10(13)17-5-6/h1-3,5,16H,4H2. The van der Waals surface area contributed by atoms with Gasteiger partial charge in [0.05, 0.1) is 9.47 Å². The van der Waals surface area contributed by atoms with Crippen LogP contribution < -0.4 is 5.32 Å². The van der Waals surface area contributed by atoms with Crippen molar-refractivity contribution in [3.05, 3.63) is 49.0 Å². The number of benzene rings is 1. The minimum absolute atomic E-state index is 0.272. The molecular weight excluding hydrogens is 376 g/mol. The highest BCUT2D eigenvalue weighted by molar-refractivity contribution is 9.11. The van der Waals surface area contributed by atoms with E-state index in [1.807, 2.05) is 11.4 Å². The summed E-state index contributed by atoms with van der Waals surface area (Å²) < 4.78 is 27.8. The maximum absolute atomic E-state index is 13.5. The SMILES string of the molecule is Fc1cc(F)c(NCc2csc(Br)c2)c(Br)c1. The zero-order chi connectivity index (χ0) is 12.4. The van der Waals surface area contributed by atoms with E-state index in [0.29, 0.717) is 11.0 Å². The summed E-state index contributed by atoms with van der Waals surface area (Å²) in [6, 6.07) is 4.04. The second kappa shape index (κ2) is 5.46. The lowest BCUT2D eigenvalue weighted by Gasteiger charge is -2.08. The largest absolute Gasteiger partial charge is 0.378 e. The Labute approximate surface area is 118 Å². The summed E-state index contributed by atoms with van der Waals surface area (Å²) in [6.45, 7) is 0.489. The summed E-state index contributed by atoms with van der Waals surface area (Å²) >= 11 is 8.04. The summed E-state index contributed by atoms with van der Waals surface area (Å²) in [5.74, 6) is -1.20. The minimum atomic E-state index is -0.605. The van der Waals surface area contributed by atoms with Crippen molar-refractivity contribution in [2.45, 2.75) is 6.54 Å². The number of halogens is 4. The Hall–Kier alpha value is -0.460. The molecule has 17 heavy (non-hydrogen) atoms. The van der Waals surface area contributed by atoms with Gasteiger partial charge in [-0.1, -0.05) is 0 Å². The van der Waals surface area contributed by atoms with Crippen LogP contribution in [0, 0.1) is 11.6 Å². The number of thiophene rings is 1. The first kappa shape index (κ1) is 13.0. The van der Waals surface area contributed by atoms with Gasteiger partial charge in [0, 0.05) is 17.1 Å². The Morgan fingerprint density at radius 1 is 1.18 bits per heavy atom. The summed E-state index contributed by atoms with van der Waals surface area (Å²) in [5, 5.41) is 4.90. The van der Waals surface area contributed by atoms with Gasteiger partial charge >= 0.3 is 0 Å². The van der Waals surface area contributed by atoms with E-state index in [0.717, 1.165) is 15.4 Å². The molecule has 0 bridgehead atoms. The Kier molecular flexibility index (Phi) is 4.17. The molecule has 1 nitrogen and oxygen atoms in total. The average molecular weight is 383 g/mol. The molecular formula is C11H7Br2F2NS. The van der Waals surface area contributed by atoms with E-state index in [4.69, 9.17) is 0 Å². The third-order valence-electron chi connectivity index (χ3n) is 2.10. The topological polar surface area (TPSA) is 12.0 Å². The number of hydrogen-bond acceptors (Lipinski definition) is 2. The summed E-state index contributed by atoms with van der Waals surface area (Å²) in [7, 11) is 0. The van der Waals surface area contributed by atoms with Crippen LogP contribution in [0.1, 0.15) is 5.56 Å². The first-order valence-electron chi connectivity index (χ1n) is 4.67. The van der Waals surface area contributed by atoms with Crippen molar-refractivity contribution in [2.75, 3.05) is 5.32 Å². The number of nitrogens with one attached hydrogen (secondary N) is 1. The molecule has 0 aliphatic heterocycles. The fourth-order valence-corrected chi connectivity index (χ4v) is 3.10. The van der Waals surface area contributed by atoms with Gasteiger partial charge in [-0.15, -0.1) is 11.3 Å². The van der Waals surface area contributed by atoms with Crippen LogP contribution in [0.5, 0.6) is 0 Å². The lowest BCUT2D eigenvalue weighted by molar-refractivity contribution is 0.583. The van der Waals surface area contributed by atoms with E-state index < -0.39 is 11.6 Å². The molecule has 0 aliphatic rings. The smallest absolute Gasteiger partial charge is 0.150 e. The van der Waals surface area contributed by atoms with E-state index >= 15 is 0 Å². The molecule has 0 amide bonds. The first-order chi connectivity index (χ1) is 8.06. The lowest BCUT2D eigenvalue weighted by Crippen LogP contribution is -2.02. The molecule has 1 aromatic heterocycles. The van der Waals surface area contributed by atoms with Crippen molar-refractivity contribution < 1.29 is 8.78 Å². The molecule has 0 aliphatic carbocycles. The molecule has 0 spiro atoms. The Morgan fingerprint density at radius 2 is 1.94 bits per heavy atom. The van der Waals surface area contributed by atoms with Crippen molar-refractivity contribution in [3.63, 3.8) is 0 Å². The van der Waals surface area contributed by atoms with Crippen LogP contribution in [-0.4, -0.2) is 0 Å². The minimum Gasteiger partial charge on any atom is -0.378 e. The molecule has 0 fully saturated rings. The zero-order valence-corrected chi connectivity index (χ0v) is 12.4. The maximum atomic E-state index is 13.5. The molecule has 0 saturated carbocycles. The second-order valence-electron chi connectivity index (χ2n) is 3.36. The molecule has 1 heterocycles. The predicted octanol–water partition coefficient (Wildman–Crippen LogP) is 5.16. The van der Waals surface area contributed by atoms with E-state index in [2.05, 4.69) is 37.2 Å². The Bertz CT molecular complexity index is 519. The van der Waals surface area contributed by atoms with Crippen molar-refractivity contribution in [1.29, 1.82) is 0 Å². The van der Waals surface area contributed by atoms with Crippen LogP contribution in [0.4, 0.5) is 14.5 Å². The van der Waals surface area contributed by atoms with Gasteiger partial charge in [-0.2, -0.15) is 0 Å². The highest BCUT2D eigenvalue weighted by atomic mass is 79.9. The van der Waals surface area contributed by atoms with Gasteiger partial charge in [0.1, 0.15) is 11.6 Å². The van der Waals surface area contributed by atoms with E-state index in [1.54, 1.807) is 11.3 Å². The van der Waals surface area contributed by atoms with Gasteiger partial charge in [-0.05, 0) is 54.9 Å². The highest BCUT2D eigenvalue weighted by Gasteiger charge is 2.09. The van der Waals surface area contributed by atoms with Gasteiger partial charge in [0.2, 0.25) is 0 Å². The van der Waals surface area contributed by atoms with E-state index in [9.17, 15) is 8.78 Å². The predicted molar refractivity (Wildman–Crippen MR) is 73.4 cm³/mol. The van der Waals surface area contributed by atoms with Gasteiger partial charge in [0.25, 0.3) is 0 Å². The van der Waals surface area contributed by atoms with Crippen molar-refractivity contribution in [3.8, 4) is 0 Å². The van der Waals surface area contributed by atoms with Crippen molar-refractivity contribution in [1.82, 2.24) is 0 Å².